The van der Waals surface area contributed by atoms with Crippen LogP contribution in [0.2, 0.25) is 0 Å². The molecule has 0 bridgehead atoms. The van der Waals surface area contributed by atoms with Crippen LogP contribution in [0.4, 0.5) is 4.39 Å². The summed E-state index contributed by atoms with van der Waals surface area (Å²) in [4.78, 5) is 0. The van der Waals surface area contributed by atoms with Gasteiger partial charge in [-0.1, -0.05) is 21.1 Å². The number of rotatable bonds is 3. The largest absolute Gasteiger partial charge is 0.248 e. The van der Waals surface area contributed by atoms with Gasteiger partial charge in [0.25, 0.3) is 0 Å². The number of alkyl halides is 1. The second-order valence-corrected chi connectivity index (χ2v) is 4.46. The van der Waals surface area contributed by atoms with Crippen molar-refractivity contribution in [1.29, 1.82) is 0 Å². The summed E-state index contributed by atoms with van der Waals surface area (Å²) >= 11 is 8.90. The number of hydrogen-bond acceptors (Lipinski definition) is 2. The number of benzene rings is 1. The van der Waals surface area contributed by atoms with Crippen LogP contribution in [0.5, 0.6) is 0 Å². The van der Waals surface area contributed by atoms with Gasteiger partial charge in [-0.2, -0.15) is 0 Å². The van der Waals surface area contributed by atoms with Crippen LogP contribution in [0.15, 0.2) is 28.9 Å². The van der Waals surface area contributed by atoms with Crippen molar-refractivity contribution in [3.05, 3.63) is 45.9 Å². The standard InChI is InChI=1S/C10H8BrClFN3/c11-8-1-2-10(13)7(3-8)5-16-6-9(4-12)14-15-16/h1-3,6H,4-5H2. The van der Waals surface area contributed by atoms with Crippen LogP contribution >= 0.6 is 27.5 Å². The molecule has 6 heteroatoms. The van der Waals surface area contributed by atoms with E-state index >= 15 is 0 Å². The van der Waals surface area contributed by atoms with E-state index in [-0.39, 0.29) is 5.82 Å². The molecule has 3 nitrogen and oxygen atoms in total. The van der Waals surface area contributed by atoms with Gasteiger partial charge >= 0.3 is 0 Å². The van der Waals surface area contributed by atoms with Gasteiger partial charge in [-0.15, -0.1) is 16.7 Å². The van der Waals surface area contributed by atoms with E-state index in [0.29, 0.717) is 23.7 Å². The van der Waals surface area contributed by atoms with Crippen LogP contribution in [0.1, 0.15) is 11.3 Å². The van der Waals surface area contributed by atoms with Crippen molar-refractivity contribution >= 4 is 27.5 Å². The van der Waals surface area contributed by atoms with Crippen LogP contribution in [0.25, 0.3) is 0 Å². The molecule has 16 heavy (non-hydrogen) atoms. The molecule has 0 fully saturated rings. The van der Waals surface area contributed by atoms with E-state index in [1.54, 1.807) is 23.0 Å². The van der Waals surface area contributed by atoms with Crippen molar-refractivity contribution < 1.29 is 4.39 Å². The van der Waals surface area contributed by atoms with Gasteiger partial charge in [-0.25, -0.2) is 9.07 Å². The number of aromatic nitrogens is 3. The Balaban J connectivity index is 2.22. The summed E-state index contributed by atoms with van der Waals surface area (Å²) in [6.45, 7) is 0.342. The minimum atomic E-state index is -0.258. The van der Waals surface area contributed by atoms with Crippen molar-refractivity contribution in [3.8, 4) is 0 Å². The first-order valence-electron chi connectivity index (χ1n) is 4.58. The fourth-order valence-corrected chi connectivity index (χ4v) is 1.85. The third-order valence-electron chi connectivity index (χ3n) is 2.06. The maximum absolute atomic E-state index is 13.4. The van der Waals surface area contributed by atoms with Gasteiger partial charge in [0.15, 0.2) is 0 Å². The minimum absolute atomic E-state index is 0.258. The first kappa shape index (κ1) is 11.5. The molecular weight excluding hydrogens is 296 g/mol. The zero-order chi connectivity index (χ0) is 11.5. The molecule has 0 N–H and O–H groups in total. The molecule has 0 amide bonds. The highest BCUT2D eigenvalue weighted by molar-refractivity contribution is 9.10. The van der Waals surface area contributed by atoms with Crippen LogP contribution in [0.3, 0.4) is 0 Å². The molecule has 2 rings (SSSR count). The molecule has 0 saturated heterocycles. The fourth-order valence-electron chi connectivity index (χ4n) is 1.32. The van der Waals surface area contributed by atoms with Crippen molar-refractivity contribution in [2.75, 3.05) is 0 Å². The highest BCUT2D eigenvalue weighted by Gasteiger charge is 2.05. The molecular formula is C10H8BrClFN3. The molecule has 0 atom stereocenters. The van der Waals surface area contributed by atoms with Crippen LogP contribution in [-0.4, -0.2) is 15.0 Å². The van der Waals surface area contributed by atoms with Gasteiger partial charge in [0.1, 0.15) is 5.82 Å². The summed E-state index contributed by atoms with van der Waals surface area (Å²) in [5, 5.41) is 7.68. The molecule has 0 saturated carbocycles. The Labute approximate surface area is 105 Å². The minimum Gasteiger partial charge on any atom is -0.248 e. The van der Waals surface area contributed by atoms with E-state index in [0.717, 1.165) is 4.47 Å². The topological polar surface area (TPSA) is 30.7 Å². The summed E-state index contributed by atoms with van der Waals surface area (Å²) in [5.41, 5.74) is 1.23. The average molecular weight is 305 g/mol. The van der Waals surface area contributed by atoms with Crippen molar-refractivity contribution in [2.45, 2.75) is 12.4 Å². The summed E-state index contributed by atoms with van der Waals surface area (Å²) in [5.74, 6) is 0.0483. The fraction of sp³-hybridized carbons (Fsp3) is 0.200. The predicted molar refractivity (Wildman–Crippen MR) is 62.8 cm³/mol. The molecule has 0 unspecified atom stereocenters. The lowest BCUT2D eigenvalue weighted by molar-refractivity contribution is 0.576. The molecule has 1 heterocycles. The maximum Gasteiger partial charge on any atom is 0.128 e. The second kappa shape index (κ2) is 4.93. The van der Waals surface area contributed by atoms with E-state index < -0.39 is 0 Å². The van der Waals surface area contributed by atoms with Gasteiger partial charge in [0.2, 0.25) is 0 Å². The van der Waals surface area contributed by atoms with Gasteiger partial charge in [0.05, 0.1) is 24.3 Å². The Hall–Kier alpha value is -0.940. The van der Waals surface area contributed by atoms with E-state index in [4.69, 9.17) is 11.6 Å². The van der Waals surface area contributed by atoms with E-state index in [1.165, 1.54) is 6.07 Å². The van der Waals surface area contributed by atoms with Gasteiger partial charge < -0.3 is 0 Å². The average Bonchev–Trinajstić information content (AvgIpc) is 2.71. The van der Waals surface area contributed by atoms with Gasteiger partial charge in [-0.05, 0) is 18.2 Å². The molecule has 2 aromatic rings. The van der Waals surface area contributed by atoms with Gasteiger partial charge in [0, 0.05) is 10.0 Å². The Morgan fingerprint density at radius 1 is 1.44 bits per heavy atom. The summed E-state index contributed by atoms with van der Waals surface area (Å²) < 4.78 is 15.8. The third-order valence-corrected chi connectivity index (χ3v) is 2.83. The summed E-state index contributed by atoms with van der Waals surface area (Å²) in [6, 6.07) is 4.79. The molecule has 84 valence electrons. The van der Waals surface area contributed by atoms with Crippen molar-refractivity contribution in [1.82, 2.24) is 15.0 Å². The summed E-state index contributed by atoms with van der Waals surface area (Å²) in [6.07, 6.45) is 1.70. The first-order valence-corrected chi connectivity index (χ1v) is 5.90. The number of hydrogen-bond donors (Lipinski definition) is 0. The lowest BCUT2D eigenvalue weighted by Gasteiger charge is -2.03. The number of nitrogens with zero attached hydrogens (tertiary/aromatic N) is 3. The quantitative estimate of drug-likeness (QED) is 0.816. The zero-order valence-corrected chi connectivity index (χ0v) is 10.5. The Morgan fingerprint density at radius 2 is 2.25 bits per heavy atom. The van der Waals surface area contributed by atoms with Crippen LogP contribution in [-0.2, 0) is 12.4 Å². The first-order chi connectivity index (χ1) is 7.69. The molecule has 0 spiro atoms. The third kappa shape index (κ3) is 2.59. The Morgan fingerprint density at radius 3 is 2.94 bits per heavy atom. The monoisotopic (exact) mass is 303 g/mol. The summed E-state index contributed by atoms with van der Waals surface area (Å²) in [7, 11) is 0. The molecule has 1 aromatic heterocycles. The van der Waals surface area contributed by atoms with E-state index in [1.807, 2.05) is 0 Å². The van der Waals surface area contributed by atoms with Crippen LogP contribution < -0.4 is 0 Å². The lowest BCUT2D eigenvalue weighted by atomic mass is 10.2. The molecule has 0 radical (unpaired) electrons. The van der Waals surface area contributed by atoms with Crippen LogP contribution in [0, 0.1) is 5.82 Å². The molecule has 1 aromatic carbocycles. The molecule has 0 aliphatic carbocycles. The molecule has 0 aliphatic heterocycles. The van der Waals surface area contributed by atoms with E-state index in [9.17, 15) is 4.39 Å². The number of halogens is 3. The van der Waals surface area contributed by atoms with Crippen molar-refractivity contribution in [2.24, 2.45) is 0 Å². The molecule has 0 aliphatic rings. The zero-order valence-electron chi connectivity index (χ0n) is 8.20. The SMILES string of the molecule is Fc1ccc(Br)cc1Cn1cc(CCl)nn1. The highest BCUT2D eigenvalue weighted by atomic mass is 79.9. The Bertz CT molecular complexity index is 501. The highest BCUT2D eigenvalue weighted by Crippen LogP contribution is 2.16. The van der Waals surface area contributed by atoms with Gasteiger partial charge in [-0.3, -0.25) is 0 Å². The van der Waals surface area contributed by atoms with E-state index in [2.05, 4.69) is 26.2 Å². The van der Waals surface area contributed by atoms with Crippen molar-refractivity contribution in [3.63, 3.8) is 0 Å². The lowest BCUT2D eigenvalue weighted by Crippen LogP contribution is -2.02. The maximum atomic E-state index is 13.4. The smallest absolute Gasteiger partial charge is 0.128 e. The Kier molecular flexibility index (Phi) is 3.56. The predicted octanol–water partition coefficient (Wildman–Crippen LogP) is 2.97. The second-order valence-electron chi connectivity index (χ2n) is 3.28. The normalized spacial score (nSPS) is 10.7.